The number of nitrogens with one attached hydrogen (secondary N) is 1. The summed E-state index contributed by atoms with van der Waals surface area (Å²) in [6, 6.07) is 18.6. The molecule has 0 heterocycles. The fourth-order valence-electron chi connectivity index (χ4n) is 4.10. The summed E-state index contributed by atoms with van der Waals surface area (Å²) >= 11 is 12.0. The van der Waals surface area contributed by atoms with Crippen molar-refractivity contribution in [2.75, 3.05) is 23.7 Å². The molecular weight excluding hydrogens is 576 g/mol. The maximum absolute atomic E-state index is 14.0. The molecule has 3 aromatic rings. The SMILES string of the molecule is CCCCNC(=O)C(Cc1ccccc1)N(Cc1ccc(Cl)cc1)C(=O)CN(c1ccc(F)c(Cl)c1)S(C)(=O)=O. The fraction of sp³-hybridized carbons (Fsp3) is 0.310. The van der Waals surface area contributed by atoms with E-state index in [1.165, 1.54) is 11.0 Å². The van der Waals surface area contributed by atoms with Gasteiger partial charge >= 0.3 is 0 Å². The third-order valence-electron chi connectivity index (χ3n) is 6.24. The lowest BCUT2D eigenvalue weighted by molar-refractivity contribution is -0.140. The molecule has 7 nitrogen and oxygen atoms in total. The molecule has 1 unspecified atom stereocenters. The van der Waals surface area contributed by atoms with Crippen LogP contribution in [0.1, 0.15) is 30.9 Å². The predicted molar refractivity (Wildman–Crippen MR) is 157 cm³/mol. The van der Waals surface area contributed by atoms with Crippen LogP contribution in [0.4, 0.5) is 10.1 Å². The van der Waals surface area contributed by atoms with Gasteiger partial charge in [-0.1, -0.05) is 79.0 Å². The van der Waals surface area contributed by atoms with Crippen LogP contribution in [0.2, 0.25) is 10.0 Å². The summed E-state index contributed by atoms with van der Waals surface area (Å²) in [6.07, 6.45) is 2.79. The van der Waals surface area contributed by atoms with Crippen LogP contribution >= 0.6 is 23.2 Å². The van der Waals surface area contributed by atoms with Crippen LogP contribution in [-0.2, 0) is 32.6 Å². The van der Waals surface area contributed by atoms with Gasteiger partial charge in [0, 0.05) is 24.5 Å². The Balaban J connectivity index is 2.03. The Bertz CT molecular complexity index is 1410. The minimum absolute atomic E-state index is 0.0243. The highest BCUT2D eigenvalue weighted by Gasteiger charge is 2.33. The standard InChI is InChI=1S/C29H32Cl2FN3O4S/c1-3-4-16-33-29(37)27(17-21-8-6-5-7-9-21)34(19-22-10-12-23(30)13-11-22)28(36)20-35(40(2,38)39)24-14-15-26(32)25(31)18-24/h5-15,18,27H,3-4,16-17,19-20H2,1-2H3,(H,33,37). The first kappa shape index (κ1) is 31.4. The second-order valence-electron chi connectivity index (χ2n) is 9.37. The summed E-state index contributed by atoms with van der Waals surface area (Å²) in [6.45, 7) is 1.84. The Hall–Kier alpha value is -3.14. The third-order valence-corrected chi connectivity index (χ3v) is 7.92. The maximum Gasteiger partial charge on any atom is 0.244 e. The van der Waals surface area contributed by atoms with Crippen LogP contribution in [0, 0.1) is 5.82 Å². The number of benzene rings is 3. The topological polar surface area (TPSA) is 86.8 Å². The van der Waals surface area contributed by atoms with Crippen LogP contribution in [-0.4, -0.2) is 50.5 Å². The number of hydrogen-bond acceptors (Lipinski definition) is 4. The van der Waals surface area contributed by atoms with Gasteiger partial charge in [-0.25, -0.2) is 12.8 Å². The molecule has 0 aliphatic carbocycles. The van der Waals surface area contributed by atoms with Crippen LogP contribution in [0.3, 0.4) is 0 Å². The van der Waals surface area contributed by atoms with Crippen molar-refractivity contribution in [2.24, 2.45) is 0 Å². The summed E-state index contributed by atoms with van der Waals surface area (Å²) < 4.78 is 40.2. The number of sulfonamides is 1. The van der Waals surface area contributed by atoms with E-state index in [9.17, 15) is 22.4 Å². The molecule has 0 saturated carbocycles. The Morgan fingerprint density at radius 3 is 2.25 bits per heavy atom. The molecule has 2 amide bonds. The van der Waals surface area contributed by atoms with Gasteiger partial charge in [0.15, 0.2) is 0 Å². The summed E-state index contributed by atoms with van der Waals surface area (Å²) in [7, 11) is -3.99. The van der Waals surface area contributed by atoms with Crippen molar-refractivity contribution in [2.45, 2.75) is 38.8 Å². The zero-order chi connectivity index (χ0) is 29.3. The predicted octanol–water partition coefficient (Wildman–Crippen LogP) is 5.45. The minimum Gasteiger partial charge on any atom is -0.354 e. The smallest absolute Gasteiger partial charge is 0.244 e. The van der Waals surface area contributed by atoms with Crippen molar-refractivity contribution in [3.8, 4) is 0 Å². The Labute approximate surface area is 244 Å². The molecule has 3 rings (SSSR count). The summed E-state index contributed by atoms with van der Waals surface area (Å²) in [5, 5.41) is 3.15. The number of halogens is 3. The van der Waals surface area contributed by atoms with E-state index < -0.39 is 34.3 Å². The van der Waals surface area contributed by atoms with Gasteiger partial charge in [0.2, 0.25) is 21.8 Å². The van der Waals surface area contributed by atoms with E-state index in [-0.39, 0.29) is 29.6 Å². The number of anilines is 1. The number of hydrogen-bond donors (Lipinski definition) is 1. The molecule has 0 saturated heterocycles. The van der Waals surface area contributed by atoms with E-state index >= 15 is 0 Å². The molecule has 0 fully saturated rings. The van der Waals surface area contributed by atoms with Gasteiger partial charge in [-0.05, 0) is 47.9 Å². The van der Waals surface area contributed by atoms with Gasteiger partial charge in [-0.15, -0.1) is 0 Å². The second-order valence-corrected chi connectivity index (χ2v) is 12.1. The van der Waals surface area contributed by atoms with Crippen molar-refractivity contribution < 1.29 is 22.4 Å². The van der Waals surface area contributed by atoms with Crippen molar-refractivity contribution in [1.82, 2.24) is 10.2 Å². The van der Waals surface area contributed by atoms with E-state index in [1.807, 2.05) is 37.3 Å². The van der Waals surface area contributed by atoms with Gasteiger partial charge in [0.1, 0.15) is 18.4 Å². The van der Waals surface area contributed by atoms with Gasteiger partial charge in [0.05, 0.1) is 17.0 Å². The summed E-state index contributed by atoms with van der Waals surface area (Å²) in [5.74, 6) is -1.69. The molecular formula is C29H32Cl2FN3O4S. The Kier molecular flexibility index (Phi) is 11.4. The quantitative estimate of drug-likeness (QED) is 0.262. The van der Waals surface area contributed by atoms with E-state index in [0.29, 0.717) is 17.1 Å². The monoisotopic (exact) mass is 607 g/mol. The normalized spacial score (nSPS) is 12.0. The van der Waals surface area contributed by atoms with E-state index in [1.54, 1.807) is 24.3 Å². The number of nitrogens with zero attached hydrogens (tertiary/aromatic N) is 2. The van der Waals surface area contributed by atoms with Crippen molar-refractivity contribution in [3.63, 3.8) is 0 Å². The highest BCUT2D eigenvalue weighted by atomic mass is 35.5. The summed E-state index contributed by atoms with van der Waals surface area (Å²) in [4.78, 5) is 28.9. The average Bonchev–Trinajstić information content (AvgIpc) is 2.92. The van der Waals surface area contributed by atoms with E-state index in [2.05, 4.69) is 5.32 Å². The second kappa shape index (κ2) is 14.5. The lowest BCUT2D eigenvalue weighted by Crippen LogP contribution is -2.53. The molecule has 0 bridgehead atoms. The number of unbranched alkanes of at least 4 members (excludes halogenated alkanes) is 1. The molecule has 0 aliphatic heterocycles. The van der Waals surface area contributed by atoms with Crippen LogP contribution in [0.25, 0.3) is 0 Å². The molecule has 1 atom stereocenters. The molecule has 0 radical (unpaired) electrons. The van der Waals surface area contributed by atoms with Crippen LogP contribution < -0.4 is 9.62 Å². The molecule has 11 heteroatoms. The average molecular weight is 609 g/mol. The summed E-state index contributed by atoms with van der Waals surface area (Å²) in [5.41, 5.74) is 1.56. The lowest BCUT2D eigenvalue weighted by Gasteiger charge is -2.33. The van der Waals surface area contributed by atoms with Gasteiger partial charge in [-0.3, -0.25) is 13.9 Å². The number of carbonyl (C=O) groups is 2. The molecule has 1 N–H and O–H groups in total. The highest BCUT2D eigenvalue weighted by Crippen LogP contribution is 2.25. The number of rotatable bonds is 13. The van der Waals surface area contributed by atoms with Crippen LogP contribution in [0.15, 0.2) is 72.8 Å². The fourth-order valence-corrected chi connectivity index (χ4v) is 5.24. The number of carbonyl (C=O) groups excluding carboxylic acids is 2. The van der Waals surface area contributed by atoms with Crippen molar-refractivity contribution in [3.05, 3.63) is 99.8 Å². The number of amides is 2. The Morgan fingerprint density at radius 2 is 1.65 bits per heavy atom. The lowest BCUT2D eigenvalue weighted by atomic mass is 10.0. The first-order valence-electron chi connectivity index (χ1n) is 12.8. The first-order chi connectivity index (χ1) is 19.0. The molecule has 0 spiro atoms. The first-order valence-corrected chi connectivity index (χ1v) is 15.4. The Morgan fingerprint density at radius 1 is 0.975 bits per heavy atom. The van der Waals surface area contributed by atoms with Gasteiger partial charge < -0.3 is 10.2 Å². The van der Waals surface area contributed by atoms with Gasteiger partial charge in [0.25, 0.3) is 0 Å². The molecule has 0 aliphatic rings. The molecule has 3 aromatic carbocycles. The zero-order valence-corrected chi connectivity index (χ0v) is 24.6. The largest absolute Gasteiger partial charge is 0.354 e. The molecule has 40 heavy (non-hydrogen) atoms. The molecule has 214 valence electrons. The van der Waals surface area contributed by atoms with E-state index in [0.717, 1.165) is 41.1 Å². The van der Waals surface area contributed by atoms with Crippen molar-refractivity contribution >= 4 is 50.7 Å². The minimum atomic E-state index is -3.99. The van der Waals surface area contributed by atoms with Gasteiger partial charge in [-0.2, -0.15) is 0 Å². The highest BCUT2D eigenvalue weighted by molar-refractivity contribution is 7.92. The molecule has 0 aromatic heterocycles. The van der Waals surface area contributed by atoms with Crippen LogP contribution in [0.5, 0.6) is 0 Å². The maximum atomic E-state index is 14.0. The van der Waals surface area contributed by atoms with E-state index in [4.69, 9.17) is 23.2 Å². The van der Waals surface area contributed by atoms with Crippen molar-refractivity contribution in [1.29, 1.82) is 0 Å². The third kappa shape index (κ3) is 8.94. The zero-order valence-electron chi connectivity index (χ0n) is 22.3.